The van der Waals surface area contributed by atoms with Gasteiger partial charge in [-0.05, 0) is 49.6 Å². The monoisotopic (exact) mass is 475 g/mol. The van der Waals surface area contributed by atoms with Gasteiger partial charge in [0.1, 0.15) is 31.1 Å². The molecule has 6 rings (SSSR count). The highest BCUT2D eigenvalue weighted by molar-refractivity contribution is 6.09. The molecule has 0 aliphatic carbocycles. The van der Waals surface area contributed by atoms with E-state index in [1.165, 1.54) is 0 Å². The van der Waals surface area contributed by atoms with Gasteiger partial charge >= 0.3 is 6.03 Å². The zero-order valence-corrected chi connectivity index (χ0v) is 19.3. The Labute approximate surface area is 201 Å². The second-order valence-electron chi connectivity index (χ2n) is 9.24. The van der Waals surface area contributed by atoms with Crippen molar-refractivity contribution in [1.29, 1.82) is 0 Å². The lowest BCUT2D eigenvalue weighted by atomic mass is 9.99. The number of fused-ring (bicyclic) bond motifs is 2. The van der Waals surface area contributed by atoms with E-state index in [2.05, 4.69) is 5.32 Å². The van der Waals surface area contributed by atoms with Gasteiger partial charge in [0.05, 0.1) is 6.04 Å². The minimum absolute atomic E-state index is 0.152. The van der Waals surface area contributed by atoms with E-state index < -0.39 is 17.5 Å². The molecule has 0 unspecified atom stereocenters. The average Bonchev–Trinajstić information content (AvgIpc) is 3.58. The summed E-state index contributed by atoms with van der Waals surface area (Å²) in [5.74, 6) is 0.913. The number of nitrogens with zero attached hydrogens (tertiary/aromatic N) is 2. The van der Waals surface area contributed by atoms with Crippen molar-refractivity contribution in [3.63, 3.8) is 0 Å². The van der Waals surface area contributed by atoms with Crippen LogP contribution >= 0.6 is 0 Å². The Morgan fingerprint density at radius 3 is 2.71 bits per heavy atom. The molecule has 0 radical (unpaired) electrons. The van der Waals surface area contributed by atoms with Crippen LogP contribution in [0.5, 0.6) is 11.5 Å². The average molecular weight is 476 g/mol. The Morgan fingerprint density at radius 2 is 1.89 bits per heavy atom. The van der Waals surface area contributed by atoms with Gasteiger partial charge in [0.25, 0.3) is 5.91 Å². The quantitative estimate of drug-likeness (QED) is 0.581. The highest BCUT2D eigenvalue weighted by Gasteiger charge is 2.52. The maximum absolute atomic E-state index is 13.4. The Bertz CT molecular complexity index is 1320. The Balaban J connectivity index is 1.21. The molecule has 0 spiro atoms. The molecule has 1 N–H and O–H groups in total. The van der Waals surface area contributed by atoms with Gasteiger partial charge in [-0.2, -0.15) is 0 Å². The van der Waals surface area contributed by atoms with Crippen LogP contribution in [0.4, 0.5) is 4.79 Å². The molecule has 3 aromatic rings. The van der Waals surface area contributed by atoms with Crippen molar-refractivity contribution in [3.05, 3.63) is 59.9 Å². The Morgan fingerprint density at radius 1 is 1.09 bits per heavy atom. The van der Waals surface area contributed by atoms with E-state index in [0.717, 1.165) is 28.7 Å². The highest BCUT2D eigenvalue weighted by atomic mass is 16.6. The van der Waals surface area contributed by atoms with Crippen LogP contribution in [0, 0.1) is 0 Å². The number of likely N-dealkylation sites (tertiary alicyclic amines) is 1. The van der Waals surface area contributed by atoms with Gasteiger partial charge in [-0.15, -0.1) is 0 Å². The Kier molecular flexibility index (Phi) is 4.94. The number of hydrogen-bond donors (Lipinski definition) is 1. The molecule has 9 nitrogen and oxygen atoms in total. The lowest BCUT2D eigenvalue weighted by Crippen LogP contribution is -2.44. The standard InChI is InChI=1S/C26H25N3O6/c1-26(22-14-17-5-2-3-7-19(17)35-22)24(31)29(25(32)27-26)15-23(30)28-10-4-6-18(28)16-8-9-20-21(13-16)34-12-11-33-20/h2-3,5,7-9,13-14,18H,4,6,10-12,15H2,1H3,(H,27,32)/t18-,26+/m1/s1. The molecule has 0 bridgehead atoms. The van der Waals surface area contributed by atoms with Gasteiger partial charge in [-0.3, -0.25) is 14.5 Å². The number of carbonyl (C=O) groups excluding carboxylic acids is 3. The first-order valence-corrected chi connectivity index (χ1v) is 11.8. The van der Waals surface area contributed by atoms with E-state index in [1.54, 1.807) is 24.0 Å². The van der Waals surface area contributed by atoms with Crippen molar-refractivity contribution >= 4 is 28.8 Å². The van der Waals surface area contributed by atoms with Crippen LogP contribution in [0.3, 0.4) is 0 Å². The van der Waals surface area contributed by atoms with E-state index in [4.69, 9.17) is 13.9 Å². The minimum atomic E-state index is -1.38. The molecular weight excluding hydrogens is 450 g/mol. The summed E-state index contributed by atoms with van der Waals surface area (Å²) in [4.78, 5) is 42.2. The minimum Gasteiger partial charge on any atom is -0.486 e. The number of nitrogens with one attached hydrogen (secondary N) is 1. The number of rotatable bonds is 4. The van der Waals surface area contributed by atoms with Crippen molar-refractivity contribution in [1.82, 2.24) is 15.1 Å². The fourth-order valence-corrected chi connectivity index (χ4v) is 5.14. The van der Waals surface area contributed by atoms with Crippen LogP contribution < -0.4 is 14.8 Å². The summed E-state index contributed by atoms with van der Waals surface area (Å²) >= 11 is 0. The summed E-state index contributed by atoms with van der Waals surface area (Å²) in [5, 5.41) is 3.56. The molecule has 2 aromatic carbocycles. The molecule has 4 amide bonds. The van der Waals surface area contributed by atoms with Crippen molar-refractivity contribution < 1.29 is 28.3 Å². The number of carbonyl (C=O) groups is 3. The van der Waals surface area contributed by atoms with E-state index in [-0.39, 0.29) is 18.5 Å². The van der Waals surface area contributed by atoms with Crippen LogP contribution in [0.15, 0.2) is 52.9 Å². The number of furan rings is 1. The van der Waals surface area contributed by atoms with E-state index in [9.17, 15) is 14.4 Å². The number of ether oxygens (including phenoxy) is 2. The van der Waals surface area contributed by atoms with Crippen LogP contribution in [0.2, 0.25) is 0 Å². The molecule has 1 aromatic heterocycles. The summed E-state index contributed by atoms with van der Waals surface area (Å²) < 4.78 is 17.2. The summed E-state index contributed by atoms with van der Waals surface area (Å²) in [7, 11) is 0. The topological polar surface area (TPSA) is 101 Å². The van der Waals surface area contributed by atoms with Crippen molar-refractivity contribution in [2.75, 3.05) is 26.3 Å². The zero-order chi connectivity index (χ0) is 24.2. The molecule has 4 heterocycles. The van der Waals surface area contributed by atoms with Gasteiger partial charge in [0.15, 0.2) is 17.0 Å². The van der Waals surface area contributed by atoms with Gasteiger partial charge in [0, 0.05) is 11.9 Å². The fraction of sp³-hybridized carbons (Fsp3) is 0.346. The third-order valence-electron chi connectivity index (χ3n) is 7.01. The van der Waals surface area contributed by atoms with Crippen LogP contribution in [-0.2, 0) is 15.1 Å². The normalized spacial score (nSPS) is 23.7. The first kappa shape index (κ1) is 21.5. The molecule has 2 atom stereocenters. The predicted molar refractivity (Wildman–Crippen MR) is 125 cm³/mol. The number of benzene rings is 2. The van der Waals surface area contributed by atoms with Gasteiger partial charge < -0.3 is 24.1 Å². The lowest BCUT2D eigenvalue weighted by Gasteiger charge is -2.28. The lowest BCUT2D eigenvalue weighted by molar-refractivity contribution is -0.139. The number of imide groups is 1. The van der Waals surface area contributed by atoms with Gasteiger partial charge in [-0.1, -0.05) is 24.3 Å². The molecule has 0 saturated carbocycles. The molecular formula is C26H25N3O6. The maximum atomic E-state index is 13.4. The molecule has 3 aliphatic heterocycles. The van der Waals surface area contributed by atoms with Crippen LogP contribution in [0.25, 0.3) is 11.0 Å². The third-order valence-corrected chi connectivity index (χ3v) is 7.01. The molecule has 2 saturated heterocycles. The number of para-hydroxylation sites is 1. The zero-order valence-electron chi connectivity index (χ0n) is 19.3. The van der Waals surface area contributed by atoms with Gasteiger partial charge in [-0.25, -0.2) is 4.79 Å². The number of amides is 4. The van der Waals surface area contributed by atoms with E-state index >= 15 is 0 Å². The molecule has 2 fully saturated rings. The van der Waals surface area contributed by atoms with Crippen molar-refractivity contribution in [3.8, 4) is 11.5 Å². The van der Waals surface area contributed by atoms with E-state index in [0.29, 0.717) is 42.6 Å². The summed E-state index contributed by atoms with van der Waals surface area (Å²) in [6.45, 7) is 2.83. The molecule has 35 heavy (non-hydrogen) atoms. The number of hydrogen-bond acceptors (Lipinski definition) is 6. The smallest absolute Gasteiger partial charge is 0.325 e. The van der Waals surface area contributed by atoms with Gasteiger partial charge in [0.2, 0.25) is 5.91 Å². The summed E-state index contributed by atoms with van der Waals surface area (Å²) in [6, 6.07) is 14.1. The van der Waals surface area contributed by atoms with Crippen molar-refractivity contribution in [2.45, 2.75) is 31.3 Å². The highest BCUT2D eigenvalue weighted by Crippen LogP contribution is 2.39. The maximum Gasteiger partial charge on any atom is 0.325 e. The Hall–Kier alpha value is -4.01. The first-order valence-electron chi connectivity index (χ1n) is 11.8. The molecule has 3 aliphatic rings. The molecule has 9 heteroatoms. The van der Waals surface area contributed by atoms with E-state index in [1.807, 2.05) is 36.4 Å². The second-order valence-corrected chi connectivity index (χ2v) is 9.24. The summed E-state index contributed by atoms with van der Waals surface area (Å²) in [5.41, 5.74) is 0.195. The fourth-order valence-electron chi connectivity index (χ4n) is 5.14. The van der Waals surface area contributed by atoms with Crippen LogP contribution in [0.1, 0.15) is 37.1 Å². The number of urea groups is 1. The largest absolute Gasteiger partial charge is 0.486 e. The molecule has 180 valence electrons. The second kappa shape index (κ2) is 8.04. The van der Waals surface area contributed by atoms with Crippen LogP contribution in [-0.4, -0.2) is 53.9 Å². The first-order chi connectivity index (χ1) is 16.9. The predicted octanol–water partition coefficient (Wildman–Crippen LogP) is 3.33. The summed E-state index contributed by atoms with van der Waals surface area (Å²) in [6.07, 6.45) is 1.63. The third kappa shape index (κ3) is 3.50. The SMILES string of the molecule is C[C@@]1(c2cc3ccccc3o2)NC(=O)N(CC(=O)N2CCC[C@@H]2c2ccc3c(c2)OCCO3)C1=O. The van der Waals surface area contributed by atoms with Crippen molar-refractivity contribution in [2.24, 2.45) is 0 Å².